The normalized spacial score (nSPS) is 10.5. The van der Waals surface area contributed by atoms with E-state index in [1.807, 2.05) is 37.3 Å². The maximum Gasteiger partial charge on any atom is 0.410 e. The number of ether oxygens (including phenoxy) is 3. The first-order valence-electron chi connectivity index (χ1n) is 11.7. The molecule has 0 radical (unpaired) electrons. The van der Waals surface area contributed by atoms with Crippen molar-refractivity contribution in [2.24, 2.45) is 5.92 Å². The molecule has 0 atom stereocenters. The minimum Gasteiger partial charge on any atom is -0.445 e. The second-order valence-corrected chi connectivity index (χ2v) is 8.81. The zero-order chi connectivity index (χ0) is 26.9. The molecule has 0 aliphatic rings. The molecule has 0 spiro atoms. The van der Waals surface area contributed by atoms with Crippen LogP contribution < -0.4 is 9.47 Å². The number of hydrogen-bond donors (Lipinski definition) is 0. The van der Waals surface area contributed by atoms with Crippen molar-refractivity contribution in [3.63, 3.8) is 0 Å². The van der Waals surface area contributed by atoms with E-state index in [-0.39, 0.29) is 30.2 Å². The Balaban J connectivity index is 1.74. The van der Waals surface area contributed by atoms with Crippen LogP contribution in [0.15, 0.2) is 72.8 Å². The second kappa shape index (κ2) is 12.5. The lowest BCUT2D eigenvalue weighted by atomic mass is 10.1. The van der Waals surface area contributed by atoms with Crippen LogP contribution in [0.5, 0.6) is 11.5 Å². The molecule has 0 unspecified atom stereocenters. The van der Waals surface area contributed by atoms with Crippen LogP contribution in [0, 0.1) is 12.8 Å². The number of hydrogen-bond acceptors (Lipinski definition) is 7. The van der Waals surface area contributed by atoms with E-state index in [1.54, 1.807) is 38.1 Å². The summed E-state index contributed by atoms with van der Waals surface area (Å²) in [6.07, 6.45) is -0.661. The minimum absolute atomic E-state index is 0.00587. The summed E-state index contributed by atoms with van der Waals surface area (Å²) in [7, 11) is 1.45. The van der Waals surface area contributed by atoms with Crippen molar-refractivity contribution in [3.8, 4) is 11.5 Å². The highest BCUT2D eigenvalue weighted by molar-refractivity contribution is 6.00. The summed E-state index contributed by atoms with van der Waals surface area (Å²) in [5.74, 6) is -2.11. The molecule has 0 aromatic heterocycles. The number of carbonyl (C=O) groups excluding carboxylic acids is 4. The molecule has 0 N–H and O–H groups in total. The Hall–Kier alpha value is -4.46. The standard InChI is InChI=1S/C29H29NO7/c1-19(2)27(32)36-25-15-14-23(16-26(25)37-28(33)22-12-10-20(3)11-13-22)24(31)17-30(4)29(34)35-18-21-8-6-5-7-9-21/h5-16,19H,17-18H2,1-4H3. The molecule has 0 heterocycles. The molecular formula is C29H29NO7. The first kappa shape index (κ1) is 27.1. The number of likely N-dealkylation sites (N-methyl/N-ethyl adjacent to an activating group) is 1. The van der Waals surface area contributed by atoms with Crippen molar-refractivity contribution in [1.29, 1.82) is 0 Å². The van der Waals surface area contributed by atoms with Gasteiger partial charge in [-0.2, -0.15) is 0 Å². The topological polar surface area (TPSA) is 99.2 Å². The Morgan fingerprint density at radius 3 is 2.11 bits per heavy atom. The Labute approximate surface area is 215 Å². The number of amides is 1. The summed E-state index contributed by atoms with van der Waals surface area (Å²) in [5, 5.41) is 0. The summed E-state index contributed by atoms with van der Waals surface area (Å²) in [4.78, 5) is 51.3. The molecule has 3 rings (SSSR count). The lowest BCUT2D eigenvalue weighted by Gasteiger charge is -2.17. The highest BCUT2D eigenvalue weighted by Gasteiger charge is 2.21. The van der Waals surface area contributed by atoms with E-state index in [2.05, 4.69) is 0 Å². The monoisotopic (exact) mass is 503 g/mol. The summed E-state index contributed by atoms with van der Waals surface area (Å²) < 4.78 is 16.1. The van der Waals surface area contributed by atoms with Crippen molar-refractivity contribution in [3.05, 3.63) is 95.1 Å². The predicted molar refractivity (Wildman–Crippen MR) is 137 cm³/mol. The average molecular weight is 504 g/mol. The molecule has 0 fully saturated rings. The largest absolute Gasteiger partial charge is 0.445 e. The van der Waals surface area contributed by atoms with E-state index in [0.717, 1.165) is 16.0 Å². The van der Waals surface area contributed by atoms with Gasteiger partial charge in [-0.3, -0.25) is 9.59 Å². The number of Topliss-reactive ketones (excluding diaryl/α,β-unsaturated/α-hetero) is 1. The molecule has 37 heavy (non-hydrogen) atoms. The molecular weight excluding hydrogens is 474 g/mol. The molecule has 0 bridgehead atoms. The van der Waals surface area contributed by atoms with Gasteiger partial charge in [0.2, 0.25) is 0 Å². The Morgan fingerprint density at radius 1 is 0.811 bits per heavy atom. The lowest BCUT2D eigenvalue weighted by molar-refractivity contribution is -0.137. The fourth-order valence-corrected chi connectivity index (χ4v) is 3.12. The predicted octanol–water partition coefficient (Wildman–Crippen LogP) is 5.23. The van der Waals surface area contributed by atoms with Crippen molar-refractivity contribution in [2.75, 3.05) is 13.6 Å². The van der Waals surface area contributed by atoms with E-state index in [4.69, 9.17) is 14.2 Å². The zero-order valence-corrected chi connectivity index (χ0v) is 21.2. The van der Waals surface area contributed by atoms with E-state index in [0.29, 0.717) is 5.56 Å². The maximum atomic E-state index is 12.9. The summed E-state index contributed by atoms with van der Waals surface area (Å²) in [6, 6.07) is 20.1. The Kier molecular flexibility index (Phi) is 9.16. The summed E-state index contributed by atoms with van der Waals surface area (Å²) >= 11 is 0. The van der Waals surface area contributed by atoms with Gasteiger partial charge >= 0.3 is 18.0 Å². The number of rotatable bonds is 9. The average Bonchev–Trinajstić information content (AvgIpc) is 2.88. The third kappa shape index (κ3) is 7.76. The number of esters is 2. The molecule has 8 heteroatoms. The fraction of sp³-hybridized carbons (Fsp3) is 0.241. The molecule has 0 saturated carbocycles. The maximum absolute atomic E-state index is 12.9. The zero-order valence-electron chi connectivity index (χ0n) is 21.2. The highest BCUT2D eigenvalue weighted by Crippen LogP contribution is 2.30. The third-order valence-corrected chi connectivity index (χ3v) is 5.34. The first-order valence-corrected chi connectivity index (χ1v) is 11.7. The van der Waals surface area contributed by atoms with Gasteiger partial charge in [0.1, 0.15) is 6.61 Å². The number of carbonyl (C=O) groups is 4. The molecule has 3 aromatic carbocycles. The first-order chi connectivity index (χ1) is 17.6. The lowest BCUT2D eigenvalue weighted by Crippen LogP contribution is -2.32. The van der Waals surface area contributed by atoms with Crippen LogP contribution in [0.4, 0.5) is 4.79 Å². The van der Waals surface area contributed by atoms with Crippen LogP contribution in [0.2, 0.25) is 0 Å². The minimum atomic E-state index is -0.673. The number of ketones is 1. The van der Waals surface area contributed by atoms with Crippen LogP contribution in [-0.2, 0) is 16.1 Å². The van der Waals surface area contributed by atoms with Gasteiger partial charge in [-0.25, -0.2) is 9.59 Å². The molecule has 3 aromatic rings. The van der Waals surface area contributed by atoms with E-state index in [1.165, 1.54) is 25.2 Å². The van der Waals surface area contributed by atoms with Gasteiger partial charge in [-0.15, -0.1) is 0 Å². The van der Waals surface area contributed by atoms with Crippen molar-refractivity contribution in [2.45, 2.75) is 27.4 Å². The number of aryl methyl sites for hydroxylation is 1. The van der Waals surface area contributed by atoms with E-state index in [9.17, 15) is 19.2 Å². The Bertz CT molecular complexity index is 1270. The molecule has 0 aliphatic carbocycles. The van der Waals surface area contributed by atoms with Crippen molar-refractivity contribution >= 4 is 23.8 Å². The van der Waals surface area contributed by atoms with Crippen LogP contribution >= 0.6 is 0 Å². The summed E-state index contributed by atoms with van der Waals surface area (Å²) in [5.41, 5.74) is 2.26. The number of benzene rings is 3. The third-order valence-electron chi connectivity index (χ3n) is 5.34. The van der Waals surface area contributed by atoms with Gasteiger partial charge in [0.25, 0.3) is 0 Å². The van der Waals surface area contributed by atoms with Gasteiger partial charge in [0, 0.05) is 12.6 Å². The van der Waals surface area contributed by atoms with Gasteiger partial charge in [-0.05, 0) is 42.8 Å². The Morgan fingerprint density at radius 2 is 1.46 bits per heavy atom. The van der Waals surface area contributed by atoms with Crippen LogP contribution in [-0.4, -0.2) is 42.3 Å². The smallest absolute Gasteiger partial charge is 0.410 e. The molecule has 0 saturated heterocycles. The van der Waals surface area contributed by atoms with Gasteiger partial charge < -0.3 is 19.1 Å². The second-order valence-electron chi connectivity index (χ2n) is 8.81. The fourth-order valence-electron chi connectivity index (χ4n) is 3.12. The van der Waals surface area contributed by atoms with Gasteiger partial charge in [0.05, 0.1) is 18.0 Å². The van der Waals surface area contributed by atoms with Gasteiger partial charge in [-0.1, -0.05) is 61.9 Å². The molecule has 8 nitrogen and oxygen atoms in total. The highest BCUT2D eigenvalue weighted by atomic mass is 16.6. The van der Waals surface area contributed by atoms with Crippen molar-refractivity contribution in [1.82, 2.24) is 4.90 Å². The van der Waals surface area contributed by atoms with Gasteiger partial charge in [0.15, 0.2) is 17.3 Å². The molecule has 192 valence electrons. The summed E-state index contributed by atoms with van der Waals surface area (Å²) in [6.45, 7) is 5.04. The van der Waals surface area contributed by atoms with Crippen molar-refractivity contribution < 1.29 is 33.4 Å². The van der Waals surface area contributed by atoms with Crippen LogP contribution in [0.1, 0.15) is 45.7 Å². The quantitative estimate of drug-likeness (QED) is 0.224. The van der Waals surface area contributed by atoms with E-state index >= 15 is 0 Å². The molecule has 0 aliphatic heterocycles. The van der Waals surface area contributed by atoms with Crippen LogP contribution in [0.25, 0.3) is 0 Å². The molecule has 1 amide bonds. The van der Waals surface area contributed by atoms with E-state index < -0.39 is 29.7 Å². The van der Waals surface area contributed by atoms with Crippen LogP contribution in [0.3, 0.4) is 0 Å². The SMILES string of the molecule is Cc1ccc(C(=O)Oc2cc(C(=O)CN(C)C(=O)OCc3ccccc3)ccc2OC(=O)C(C)C)cc1. The number of nitrogens with zero attached hydrogens (tertiary/aromatic N) is 1.